The zero-order valence-corrected chi connectivity index (χ0v) is 12.6. The van der Waals surface area contributed by atoms with Gasteiger partial charge < -0.3 is 9.88 Å². The van der Waals surface area contributed by atoms with Gasteiger partial charge in [0.1, 0.15) is 5.82 Å². The Bertz CT molecular complexity index is 765. The van der Waals surface area contributed by atoms with E-state index < -0.39 is 0 Å². The first-order valence-electron chi connectivity index (χ1n) is 8.28. The van der Waals surface area contributed by atoms with Crippen molar-refractivity contribution in [3.8, 4) is 0 Å². The molecule has 0 amide bonds. The number of ketones is 1. The molecule has 3 aliphatic heterocycles. The van der Waals surface area contributed by atoms with Gasteiger partial charge in [-0.05, 0) is 25.0 Å². The molecule has 1 N–H and O–H groups in total. The molecule has 5 heteroatoms. The SMILES string of the molecule is O=C1CCCn2c(CN3CC4CC3CN4)nc3cccc1c32. The molecule has 2 atom stereocenters. The number of imidazole rings is 1. The van der Waals surface area contributed by atoms with E-state index >= 15 is 0 Å². The molecule has 2 fully saturated rings. The maximum Gasteiger partial charge on any atom is 0.165 e. The van der Waals surface area contributed by atoms with Crippen LogP contribution in [0.4, 0.5) is 0 Å². The second-order valence-corrected chi connectivity index (χ2v) is 6.80. The molecule has 1 aromatic carbocycles. The minimum atomic E-state index is 0.264. The lowest BCUT2D eigenvalue weighted by molar-refractivity contribution is 0.0982. The summed E-state index contributed by atoms with van der Waals surface area (Å²) in [5, 5.41) is 3.55. The average molecular weight is 296 g/mol. The molecule has 5 rings (SSSR count). The van der Waals surface area contributed by atoms with Crippen molar-refractivity contribution in [3.63, 3.8) is 0 Å². The molecule has 2 aromatic rings. The monoisotopic (exact) mass is 296 g/mol. The number of hydrogen-bond donors (Lipinski definition) is 1. The number of piperazine rings is 1. The van der Waals surface area contributed by atoms with Crippen molar-refractivity contribution >= 4 is 16.8 Å². The number of fused-ring (bicyclic) bond motifs is 2. The number of carbonyl (C=O) groups is 1. The van der Waals surface area contributed by atoms with E-state index in [0.29, 0.717) is 18.5 Å². The van der Waals surface area contributed by atoms with E-state index in [9.17, 15) is 4.79 Å². The van der Waals surface area contributed by atoms with Crippen molar-refractivity contribution in [2.24, 2.45) is 0 Å². The highest BCUT2D eigenvalue weighted by Gasteiger charge is 2.38. The smallest absolute Gasteiger partial charge is 0.165 e. The Hall–Kier alpha value is -1.72. The Morgan fingerprint density at radius 2 is 2.32 bits per heavy atom. The summed E-state index contributed by atoms with van der Waals surface area (Å²) >= 11 is 0. The van der Waals surface area contributed by atoms with Crippen molar-refractivity contribution in [1.82, 2.24) is 19.8 Å². The number of aromatic nitrogens is 2. The molecule has 5 nitrogen and oxygen atoms in total. The van der Waals surface area contributed by atoms with E-state index in [1.807, 2.05) is 18.2 Å². The summed E-state index contributed by atoms with van der Waals surface area (Å²) in [6.45, 7) is 4.05. The first-order chi connectivity index (χ1) is 10.8. The van der Waals surface area contributed by atoms with Gasteiger partial charge in [-0.15, -0.1) is 0 Å². The second kappa shape index (κ2) is 4.64. The molecule has 114 valence electrons. The topological polar surface area (TPSA) is 50.2 Å². The molecule has 2 unspecified atom stereocenters. The van der Waals surface area contributed by atoms with E-state index in [-0.39, 0.29) is 5.78 Å². The number of nitrogens with zero attached hydrogens (tertiary/aromatic N) is 3. The maximum absolute atomic E-state index is 12.3. The van der Waals surface area contributed by atoms with E-state index in [2.05, 4.69) is 14.8 Å². The van der Waals surface area contributed by atoms with Gasteiger partial charge in [0, 0.05) is 43.7 Å². The second-order valence-electron chi connectivity index (χ2n) is 6.80. The van der Waals surface area contributed by atoms with E-state index in [1.165, 1.54) is 6.42 Å². The van der Waals surface area contributed by atoms with Gasteiger partial charge in [-0.3, -0.25) is 9.69 Å². The molecule has 1 aromatic heterocycles. The highest BCUT2D eigenvalue weighted by Crippen LogP contribution is 2.29. The van der Waals surface area contributed by atoms with E-state index in [4.69, 9.17) is 4.98 Å². The third-order valence-electron chi connectivity index (χ3n) is 5.45. The van der Waals surface area contributed by atoms with Crippen molar-refractivity contribution in [3.05, 3.63) is 29.6 Å². The van der Waals surface area contributed by atoms with E-state index in [0.717, 1.165) is 55.0 Å². The standard InChI is InChI=1S/C17H20N4O/c22-15-5-2-6-21-16(10-20-9-11-7-12(20)8-18-11)19-14-4-1-3-13(15)17(14)21/h1,3-4,11-12,18H,2,5-10H2. The number of benzene rings is 1. The van der Waals surface area contributed by atoms with Gasteiger partial charge in [0.15, 0.2) is 5.78 Å². The third-order valence-corrected chi connectivity index (χ3v) is 5.45. The first kappa shape index (κ1) is 12.8. The van der Waals surface area contributed by atoms with Crippen LogP contribution in [0.1, 0.15) is 35.4 Å². The lowest BCUT2D eigenvalue weighted by Gasteiger charge is -2.27. The van der Waals surface area contributed by atoms with Crippen LogP contribution < -0.4 is 5.32 Å². The lowest BCUT2D eigenvalue weighted by atomic mass is 10.1. The quantitative estimate of drug-likeness (QED) is 0.914. The fourth-order valence-corrected chi connectivity index (χ4v) is 4.38. The van der Waals surface area contributed by atoms with Crippen LogP contribution in [0.2, 0.25) is 0 Å². The molecular formula is C17H20N4O. The van der Waals surface area contributed by atoms with Gasteiger partial charge in [-0.1, -0.05) is 6.07 Å². The molecule has 4 heterocycles. The minimum Gasteiger partial charge on any atom is -0.326 e. The molecule has 2 saturated heterocycles. The van der Waals surface area contributed by atoms with Crippen LogP contribution >= 0.6 is 0 Å². The largest absolute Gasteiger partial charge is 0.326 e. The first-order valence-corrected chi connectivity index (χ1v) is 8.28. The maximum atomic E-state index is 12.3. The molecule has 2 bridgehead atoms. The van der Waals surface area contributed by atoms with Crippen LogP contribution in [0, 0.1) is 0 Å². The Balaban J connectivity index is 1.58. The van der Waals surface area contributed by atoms with Crippen LogP contribution in [-0.2, 0) is 13.1 Å². The number of rotatable bonds is 2. The zero-order valence-electron chi connectivity index (χ0n) is 12.6. The molecule has 0 spiro atoms. The molecular weight excluding hydrogens is 276 g/mol. The Morgan fingerprint density at radius 1 is 1.36 bits per heavy atom. The molecule has 0 saturated carbocycles. The van der Waals surface area contributed by atoms with Gasteiger partial charge in [0.05, 0.1) is 17.6 Å². The van der Waals surface area contributed by atoms with Crippen LogP contribution in [0.25, 0.3) is 11.0 Å². The predicted molar refractivity (Wildman–Crippen MR) is 83.9 cm³/mol. The van der Waals surface area contributed by atoms with Gasteiger partial charge in [0.2, 0.25) is 0 Å². The fraction of sp³-hybridized carbons (Fsp3) is 0.529. The number of likely N-dealkylation sites (tertiary alicyclic amines) is 1. The van der Waals surface area contributed by atoms with Crippen molar-refractivity contribution < 1.29 is 4.79 Å². The van der Waals surface area contributed by atoms with Crippen LogP contribution in [-0.4, -0.2) is 45.4 Å². The highest BCUT2D eigenvalue weighted by atomic mass is 16.1. The Kier molecular flexibility index (Phi) is 2.69. The number of nitrogens with one attached hydrogen (secondary N) is 1. The van der Waals surface area contributed by atoms with Crippen LogP contribution in [0.15, 0.2) is 18.2 Å². The van der Waals surface area contributed by atoms with Gasteiger partial charge in [-0.2, -0.15) is 0 Å². The summed E-state index contributed by atoms with van der Waals surface area (Å²) in [6.07, 6.45) is 2.84. The van der Waals surface area contributed by atoms with Gasteiger partial charge in [-0.25, -0.2) is 4.98 Å². The summed E-state index contributed by atoms with van der Waals surface area (Å²) < 4.78 is 2.30. The molecule has 0 aliphatic carbocycles. The molecule has 0 radical (unpaired) electrons. The minimum absolute atomic E-state index is 0.264. The lowest BCUT2D eigenvalue weighted by Crippen LogP contribution is -2.43. The molecule has 3 aliphatic rings. The van der Waals surface area contributed by atoms with Crippen molar-refractivity contribution in [2.45, 2.75) is 44.4 Å². The number of para-hydroxylation sites is 1. The predicted octanol–water partition coefficient (Wildman–Crippen LogP) is 1.56. The summed E-state index contributed by atoms with van der Waals surface area (Å²) in [6, 6.07) is 7.28. The number of hydrogen-bond acceptors (Lipinski definition) is 4. The van der Waals surface area contributed by atoms with Gasteiger partial charge in [0.25, 0.3) is 0 Å². The normalized spacial score (nSPS) is 27.7. The van der Waals surface area contributed by atoms with Crippen LogP contribution in [0.3, 0.4) is 0 Å². The number of Topliss-reactive ketones (excluding diaryl/α,β-unsaturated/α-hetero) is 1. The zero-order chi connectivity index (χ0) is 14.7. The van der Waals surface area contributed by atoms with Gasteiger partial charge >= 0.3 is 0 Å². The summed E-state index contributed by atoms with van der Waals surface area (Å²) in [7, 11) is 0. The van der Waals surface area contributed by atoms with E-state index in [1.54, 1.807) is 0 Å². The Morgan fingerprint density at radius 3 is 3.14 bits per heavy atom. The Labute approximate surface area is 129 Å². The fourth-order valence-electron chi connectivity index (χ4n) is 4.38. The van der Waals surface area contributed by atoms with Crippen molar-refractivity contribution in [2.75, 3.05) is 13.1 Å². The third kappa shape index (κ3) is 1.79. The highest BCUT2D eigenvalue weighted by molar-refractivity contribution is 6.06. The number of aryl methyl sites for hydroxylation is 1. The summed E-state index contributed by atoms with van der Waals surface area (Å²) in [5.41, 5.74) is 2.89. The summed E-state index contributed by atoms with van der Waals surface area (Å²) in [4.78, 5) is 19.7. The number of carbonyl (C=O) groups excluding carboxylic acids is 1. The van der Waals surface area contributed by atoms with Crippen LogP contribution in [0.5, 0.6) is 0 Å². The molecule has 22 heavy (non-hydrogen) atoms. The van der Waals surface area contributed by atoms with Crippen molar-refractivity contribution in [1.29, 1.82) is 0 Å². The average Bonchev–Trinajstić information content (AvgIpc) is 3.18. The summed E-state index contributed by atoms with van der Waals surface area (Å²) in [5.74, 6) is 1.39.